The molecule has 0 fully saturated rings. The summed E-state index contributed by atoms with van der Waals surface area (Å²) in [7, 11) is -3.93. The van der Waals surface area contributed by atoms with Crippen LogP contribution in [0.25, 0.3) is 0 Å². The number of benzene rings is 1. The number of anilines is 1. The van der Waals surface area contributed by atoms with Crippen LogP contribution >= 0.6 is 11.3 Å². The Morgan fingerprint density at radius 3 is 2.41 bits per heavy atom. The van der Waals surface area contributed by atoms with Crippen LogP contribution < -0.4 is 5.32 Å². The van der Waals surface area contributed by atoms with E-state index in [9.17, 15) is 26.4 Å². The number of halogens is 3. The van der Waals surface area contributed by atoms with Crippen LogP contribution in [-0.4, -0.2) is 31.7 Å². The van der Waals surface area contributed by atoms with Crippen molar-refractivity contribution in [2.45, 2.75) is 32.1 Å². The van der Waals surface area contributed by atoms with E-state index in [1.165, 1.54) is 17.4 Å². The van der Waals surface area contributed by atoms with E-state index >= 15 is 0 Å². The molecule has 0 unspecified atom stereocenters. The highest BCUT2D eigenvalue weighted by Gasteiger charge is 2.29. The van der Waals surface area contributed by atoms with Gasteiger partial charge in [0.15, 0.2) is 17.5 Å². The summed E-state index contributed by atoms with van der Waals surface area (Å²) < 4.78 is 66.7. The number of nitrogens with zero attached hydrogens (tertiary/aromatic N) is 1. The summed E-state index contributed by atoms with van der Waals surface area (Å²) in [5, 5.41) is 2.09. The Kier molecular flexibility index (Phi) is 6.66. The van der Waals surface area contributed by atoms with Crippen LogP contribution in [0.5, 0.6) is 0 Å². The zero-order chi connectivity index (χ0) is 20.4. The number of amides is 1. The molecule has 1 aromatic heterocycles. The molecule has 27 heavy (non-hydrogen) atoms. The fraction of sp³-hybridized carbons (Fsp3) is 0.353. The first-order valence-corrected chi connectivity index (χ1v) is 10.3. The highest BCUT2D eigenvalue weighted by molar-refractivity contribution is 7.89. The topological polar surface area (TPSA) is 66.5 Å². The molecule has 0 saturated heterocycles. The maximum Gasteiger partial charge on any atom is 0.244 e. The van der Waals surface area contributed by atoms with Gasteiger partial charge >= 0.3 is 0 Å². The number of nitrogens with one attached hydrogen (secondary N) is 1. The van der Waals surface area contributed by atoms with E-state index in [-0.39, 0.29) is 11.4 Å². The highest BCUT2D eigenvalue weighted by atomic mass is 32.2. The largest absolute Gasteiger partial charge is 0.322 e. The van der Waals surface area contributed by atoms with Gasteiger partial charge in [0, 0.05) is 16.3 Å². The summed E-state index contributed by atoms with van der Waals surface area (Å²) in [4.78, 5) is 13.7. The molecule has 0 aliphatic heterocycles. The highest BCUT2D eigenvalue weighted by Crippen LogP contribution is 2.28. The maximum absolute atomic E-state index is 13.7. The van der Waals surface area contributed by atoms with Gasteiger partial charge in [0.2, 0.25) is 15.9 Å². The monoisotopic (exact) mass is 420 g/mol. The molecular weight excluding hydrogens is 401 g/mol. The summed E-state index contributed by atoms with van der Waals surface area (Å²) in [5.41, 5.74) is -0.560. The number of carbonyl (C=O) groups is 1. The number of carbonyl (C=O) groups excluding carboxylic acids is 1. The lowest BCUT2D eigenvalue weighted by molar-refractivity contribution is -0.116. The van der Waals surface area contributed by atoms with Crippen molar-refractivity contribution in [2.75, 3.05) is 18.4 Å². The minimum Gasteiger partial charge on any atom is -0.322 e. The number of rotatable bonds is 7. The summed E-state index contributed by atoms with van der Waals surface area (Å²) >= 11 is 1.32. The molecule has 0 spiro atoms. The van der Waals surface area contributed by atoms with Crippen LogP contribution in [0.4, 0.5) is 18.9 Å². The van der Waals surface area contributed by atoms with Crippen LogP contribution in [0.2, 0.25) is 0 Å². The molecule has 1 amide bonds. The van der Waals surface area contributed by atoms with E-state index < -0.39 is 45.6 Å². The molecule has 0 saturated carbocycles. The summed E-state index contributed by atoms with van der Waals surface area (Å²) in [6.07, 6.45) is 0.453. The maximum atomic E-state index is 13.7. The van der Waals surface area contributed by atoms with Crippen LogP contribution in [0.3, 0.4) is 0 Å². The zero-order valence-corrected chi connectivity index (χ0v) is 16.6. The number of thiophene rings is 1. The lowest BCUT2D eigenvalue weighted by Gasteiger charge is -2.21. The normalized spacial score (nSPS) is 11.8. The third-order valence-corrected chi connectivity index (χ3v) is 6.78. The third kappa shape index (κ3) is 4.69. The van der Waals surface area contributed by atoms with E-state index in [4.69, 9.17) is 0 Å². The van der Waals surface area contributed by atoms with Gasteiger partial charge in [-0.1, -0.05) is 6.92 Å². The van der Waals surface area contributed by atoms with E-state index in [1.54, 1.807) is 20.8 Å². The quantitative estimate of drug-likeness (QED) is 0.693. The molecule has 2 rings (SSSR count). The first-order chi connectivity index (χ1) is 12.6. The van der Waals surface area contributed by atoms with Gasteiger partial charge in [-0.3, -0.25) is 4.79 Å². The van der Waals surface area contributed by atoms with Crippen LogP contribution in [0.15, 0.2) is 23.1 Å². The zero-order valence-electron chi connectivity index (χ0n) is 15.0. The lowest BCUT2D eigenvalue weighted by Crippen LogP contribution is -2.38. The van der Waals surface area contributed by atoms with Gasteiger partial charge < -0.3 is 5.32 Å². The van der Waals surface area contributed by atoms with E-state index in [0.717, 1.165) is 15.2 Å². The number of sulfonamides is 1. The third-order valence-electron chi connectivity index (χ3n) is 3.72. The Morgan fingerprint density at radius 2 is 1.85 bits per heavy atom. The van der Waals surface area contributed by atoms with Crippen molar-refractivity contribution >= 4 is 33.0 Å². The van der Waals surface area contributed by atoms with Gasteiger partial charge in [-0.25, -0.2) is 21.6 Å². The number of aryl methyl sites for hydroxylation is 2. The standard InChI is InChI=1S/C17H19F3N2O3S2/c1-4-7-22(27(24,25)14-8-10(2)26-11(14)3)9-15(23)21-13-6-5-12(18)16(19)17(13)20/h5-6,8H,4,7,9H2,1-3H3,(H,21,23). The molecule has 0 radical (unpaired) electrons. The molecule has 1 N–H and O–H groups in total. The van der Waals surface area contributed by atoms with Gasteiger partial charge in [-0.15, -0.1) is 11.3 Å². The Morgan fingerprint density at radius 1 is 1.19 bits per heavy atom. The van der Waals surface area contributed by atoms with Crippen molar-refractivity contribution in [3.63, 3.8) is 0 Å². The first kappa shape index (κ1) is 21.4. The first-order valence-electron chi connectivity index (χ1n) is 8.08. The second kappa shape index (κ2) is 8.41. The van der Waals surface area contributed by atoms with Crippen molar-refractivity contribution in [1.29, 1.82) is 0 Å². The molecule has 2 aromatic rings. The molecule has 1 aromatic carbocycles. The Balaban J connectivity index is 2.24. The van der Waals surface area contributed by atoms with Crippen molar-refractivity contribution in [2.24, 2.45) is 0 Å². The van der Waals surface area contributed by atoms with Gasteiger partial charge in [-0.2, -0.15) is 4.31 Å². The molecule has 10 heteroatoms. The van der Waals surface area contributed by atoms with Crippen LogP contribution in [0, 0.1) is 31.3 Å². The van der Waals surface area contributed by atoms with Gasteiger partial charge in [-0.05, 0) is 38.5 Å². The second-order valence-electron chi connectivity index (χ2n) is 5.89. The Hall–Kier alpha value is -1.91. The number of hydrogen-bond donors (Lipinski definition) is 1. The molecule has 0 bridgehead atoms. The fourth-order valence-electron chi connectivity index (χ4n) is 2.51. The van der Waals surface area contributed by atoms with E-state index in [0.29, 0.717) is 17.4 Å². The van der Waals surface area contributed by atoms with Crippen LogP contribution in [0.1, 0.15) is 23.1 Å². The SMILES string of the molecule is CCCN(CC(=O)Nc1ccc(F)c(F)c1F)S(=O)(=O)c1cc(C)sc1C. The molecule has 5 nitrogen and oxygen atoms in total. The Labute approximate surface area is 159 Å². The molecule has 1 heterocycles. The summed E-state index contributed by atoms with van der Waals surface area (Å²) in [5.74, 6) is -5.50. The van der Waals surface area contributed by atoms with Crippen molar-refractivity contribution in [1.82, 2.24) is 4.31 Å². The smallest absolute Gasteiger partial charge is 0.244 e. The van der Waals surface area contributed by atoms with Crippen molar-refractivity contribution in [3.8, 4) is 0 Å². The average Bonchev–Trinajstić information content (AvgIpc) is 2.94. The fourth-order valence-corrected chi connectivity index (χ4v) is 5.52. The van der Waals surface area contributed by atoms with Gasteiger partial charge in [0.1, 0.15) is 0 Å². The summed E-state index contributed by atoms with van der Waals surface area (Å²) in [6, 6.07) is 3.08. The molecule has 0 aliphatic rings. The van der Waals surface area contributed by atoms with Gasteiger partial charge in [0.25, 0.3) is 0 Å². The van der Waals surface area contributed by atoms with E-state index in [1.807, 2.05) is 0 Å². The van der Waals surface area contributed by atoms with Gasteiger partial charge in [0.05, 0.1) is 17.1 Å². The molecular formula is C17H19F3N2O3S2. The van der Waals surface area contributed by atoms with Crippen LogP contribution in [-0.2, 0) is 14.8 Å². The Bertz CT molecular complexity index is 959. The predicted molar refractivity (Wildman–Crippen MR) is 97.8 cm³/mol. The molecule has 0 atom stereocenters. The average molecular weight is 420 g/mol. The summed E-state index contributed by atoms with van der Waals surface area (Å²) in [6.45, 7) is 4.69. The van der Waals surface area contributed by atoms with Crippen molar-refractivity contribution in [3.05, 3.63) is 45.4 Å². The molecule has 148 valence electrons. The number of hydrogen-bond acceptors (Lipinski definition) is 4. The van der Waals surface area contributed by atoms with Crippen molar-refractivity contribution < 1.29 is 26.4 Å². The predicted octanol–water partition coefficient (Wildman–Crippen LogP) is 3.82. The van der Waals surface area contributed by atoms with E-state index in [2.05, 4.69) is 5.32 Å². The minimum absolute atomic E-state index is 0.0738. The second-order valence-corrected chi connectivity index (χ2v) is 9.25. The minimum atomic E-state index is -3.93. The molecule has 0 aliphatic carbocycles. The lowest BCUT2D eigenvalue weighted by atomic mass is 10.2.